The molecule has 1 N–H and O–H groups in total. The van der Waals surface area contributed by atoms with Crippen LogP contribution in [0.2, 0.25) is 0 Å². The Morgan fingerprint density at radius 3 is 2.64 bits per heavy atom. The third kappa shape index (κ3) is 4.79. The van der Waals surface area contributed by atoms with Gasteiger partial charge in [0.2, 0.25) is 0 Å². The largest absolute Gasteiger partial charge is 0.487 e. The van der Waals surface area contributed by atoms with Crippen molar-refractivity contribution in [2.45, 2.75) is 13.5 Å². The highest BCUT2D eigenvalue weighted by Crippen LogP contribution is 2.20. The number of benzene rings is 2. The highest BCUT2D eigenvalue weighted by molar-refractivity contribution is 14.1. The topological polar surface area (TPSA) is 51.2 Å². The van der Waals surface area contributed by atoms with E-state index in [9.17, 15) is 4.79 Å². The number of rotatable bonds is 5. The number of aryl methyl sites for hydroxylation is 1. The molecule has 0 fully saturated rings. The maximum atomic E-state index is 12.4. The Bertz CT molecular complexity index is 865. The van der Waals surface area contributed by atoms with Crippen LogP contribution in [0, 0.1) is 10.5 Å². The zero-order valence-electron chi connectivity index (χ0n) is 13.7. The van der Waals surface area contributed by atoms with Crippen molar-refractivity contribution in [3.63, 3.8) is 0 Å². The van der Waals surface area contributed by atoms with E-state index in [4.69, 9.17) is 4.74 Å². The number of nitrogens with one attached hydrogen (secondary N) is 1. The normalized spacial score (nSPS) is 10.3. The summed E-state index contributed by atoms with van der Waals surface area (Å²) in [5, 5.41) is 2.95. The molecule has 1 heterocycles. The summed E-state index contributed by atoms with van der Waals surface area (Å²) >= 11 is 2.23. The summed E-state index contributed by atoms with van der Waals surface area (Å²) in [7, 11) is 0. The van der Waals surface area contributed by atoms with Gasteiger partial charge < -0.3 is 10.1 Å². The fourth-order valence-corrected chi connectivity index (χ4v) is 2.76. The van der Waals surface area contributed by atoms with Crippen LogP contribution in [0.15, 0.2) is 66.9 Å². The first-order valence-electron chi connectivity index (χ1n) is 7.82. The third-order valence-electron chi connectivity index (χ3n) is 3.68. The number of carbonyl (C=O) groups is 1. The Morgan fingerprint density at radius 2 is 1.92 bits per heavy atom. The molecule has 5 heteroatoms. The van der Waals surface area contributed by atoms with Crippen LogP contribution in [0.25, 0.3) is 0 Å². The van der Waals surface area contributed by atoms with Crippen LogP contribution in [0.5, 0.6) is 5.75 Å². The number of halogens is 1. The standard InChI is InChI=1S/C20H17IN2O2/c1-14-5-8-16(21)12-19(14)23-20(24)15-6-9-18(10-7-15)25-13-17-4-2-3-11-22-17/h2-12H,13H2,1H3,(H,23,24). The van der Waals surface area contributed by atoms with E-state index < -0.39 is 0 Å². The zero-order chi connectivity index (χ0) is 17.6. The Balaban J connectivity index is 1.63. The molecule has 0 spiro atoms. The monoisotopic (exact) mass is 444 g/mol. The summed E-state index contributed by atoms with van der Waals surface area (Å²) in [6.07, 6.45) is 1.73. The van der Waals surface area contributed by atoms with Crippen molar-refractivity contribution in [2.75, 3.05) is 5.32 Å². The summed E-state index contributed by atoms with van der Waals surface area (Å²) in [6.45, 7) is 2.37. The van der Waals surface area contributed by atoms with E-state index in [0.717, 1.165) is 20.5 Å². The molecule has 3 aromatic rings. The van der Waals surface area contributed by atoms with Crippen LogP contribution in [-0.4, -0.2) is 10.9 Å². The van der Waals surface area contributed by atoms with Crippen molar-refractivity contribution >= 4 is 34.2 Å². The number of hydrogen-bond donors (Lipinski definition) is 1. The molecule has 0 aliphatic rings. The van der Waals surface area contributed by atoms with Gasteiger partial charge in [-0.1, -0.05) is 12.1 Å². The first-order valence-corrected chi connectivity index (χ1v) is 8.90. The van der Waals surface area contributed by atoms with Crippen molar-refractivity contribution in [1.29, 1.82) is 0 Å². The fourth-order valence-electron chi connectivity index (χ4n) is 2.27. The van der Waals surface area contributed by atoms with Crippen LogP contribution in [0.3, 0.4) is 0 Å². The fraction of sp³-hybridized carbons (Fsp3) is 0.100. The molecule has 3 rings (SSSR count). The Labute approximate surface area is 160 Å². The van der Waals surface area contributed by atoms with Gasteiger partial charge in [0.1, 0.15) is 12.4 Å². The number of carbonyl (C=O) groups excluding carboxylic acids is 1. The van der Waals surface area contributed by atoms with Gasteiger partial charge in [0.05, 0.1) is 5.69 Å². The smallest absolute Gasteiger partial charge is 0.255 e. The minimum Gasteiger partial charge on any atom is -0.487 e. The van der Waals surface area contributed by atoms with Crippen LogP contribution in [-0.2, 0) is 6.61 Å². The van der Waals surface area contributed by atoms with E-state index >= 15 is 0 Å². The molecule has 126 valence electrons. The van der Waals surface area contributed by atoms with Gasteiger partial charge in [0.15, 0.2) is 0 Å². The van der Waals surface area contributed by atoms with Crippen LogP contribution in [0.4, 0.5) is 5.69 Å². The number of anilines is 1. The second kappa shape index (κ2) is 8.11. The molecular formula is C20H17IN2O2. The van der Waals surface area contributed by atoms with Gasteiger partial charge in [-0.3, -0.25) is 9.78 Å². The molecular weight excluding hydrogens is 427 g/mol. The van der Waals surface area contributed by atoms with E-state index in [2.05, 4.69) is 32.9 Å². The van der Waals surface area contributed by atoms with Gasteiger partial charge in [0, 0.05) is 21.0 Å². The van der Waals surface area contributed by atoms with Crippen molar-refractivity contribution < 1.29 is 9.53 Å². The van der Waals surface area contributed by atoms with Gasteiger partial charge in [0.25, 0.3) is 5.91 Å². The third-order valence-corrected chi connectivity index (χ3v) is 4.35. The predicted molar refractivity (Wildman–Crippen MR) is 107 cm³/mol. The van der Waals surface area contributed by atoms with Crippen molar-refractivity contribution in [1.82, 2.24) is 4.98 Å². The molecule has 4 nitrogen and oxygen atoms in total. The van der Waals surface area contributed by atoms with Crippen LogP contribution in [0.1, 0.15) is 21.6 Å². The van der Waals surface area contributed by atoms with Crippen LogP contribution < -0.4 is 10.1 Å². The Kier molecular flexibility index (Phi) is 5.65. The second-order valence-corrected chi connectivity index (χ2v) is 6.79. The highest BCUT2D eigenvalue weighted by atomic mass is 127. The van der Waals surface area contributed by atoms with E-state index in [-0.39, 0.29) is 5.91 Å². The maximum absolute atomic E-state index is 12.4. The van der Waals surface area contributed by atoms with Crippen molar-refractivity contribution in [3.05, 3.63) is 87.3 Å². The van der Waals surface area contributed by atoms with Gasteiger partial charge >= 0.3 is 0 Å². The van der Waals surface area contributed by atoms with E-state index in [1.54, 1.807) is 30.5 Å². The summed E-state index contributed by atoms with van der Waals surface area (Å²) in [5.41, 5.74) is 3.30. The summed E-state index contributed by atoms with van der Waals surface area (Å²) < 4.78 is 6.77. The highest BCUT2D eigenvalue weighted by Gasteiger charge is 2.08. The first kappa shape index (κ1) is 17.4. The number of nitrogens with zero attached hydrogens (tertiary/aromatic N) is 1. The molecule has 1 aromatic heterocycles. The summed E-state index contributed by atoms with van der Waals surface area (Å²) in [6, 6.07) is 18.8. The van der Waals surface area contributed by atoms with Gasteiger partial charge in [-0.25, -0.2) is 0 Å². The zero-order valence-corrected chi connectivity index (χ0v) is 15.9. The molecule has 0 radical (unpaired) electrons. The molecule has 0 bridgehead atoms. The SMILES string of the molecule is Cc1ccc(I)cc1NC(=O)c1ccc(OCc2ccccn2)cc1. The molecule has 0 saturated carbocycles. The second-order valence-electron chi connectivity index (χ2n) is 5.55. The number of hydrogen-bond acceptors (Lipinski definition) is 3. The number of amides is 1. The number of pyridine rings is 1. The molecule has 0 aliphatic carbocycles. The lowest BCUT2D eigenvalue weighted by Gasteiger charge is -2.10. The van der Waals surface area contributed by atoms with Gasteiger partial charge in [-0.2, -0.15) is 0 Å². The minimum atomic E-state index is -0.138. The number of aromatic nitrogens is 1. The summed E-state index contributed by atoms with van der Waals surface area (Å²) in [4.78, 5) is 16.6. The molecule has 0 aliphatic heterocycles. The van der Waals surface area contributed by atoms with Crippen molar-refractivity contribution in [3.8, 4) is 5.75 Å². The van der Waals surface area contributed by atoms with Gasteiger partial charge in [-0.15, -0.1) is 0 Å². The lowest BCUT2D eigenvalue weighted by Crippen LogP contribution is -2.12. The lowest BCUT2D eigenvalue weighted by molar-refractivity contribution is 0.102. The van der Waals surface area contributed by atoms with E-state index in [1.807, 2.05) is 43.3 Å². The lowest BCUT2D eigenvalue weighted by atomic mass is 10.1. The minimum absolute atomic E-state index is 0.138. The molecule has 25 heavy (non-hydrogen) atoms. The average Bonchev–Trinajstić information content (AvgIpc) is 2.64. The molecule has 1 amide bonds. The van der Waals surface area contributed by atoms with Gasteiger partial charge in [-0.05, 0) is 83.6 Å². The van der Waals surface area contributed by atoms with E-state index in [1.165, 1.54) is 0 Å². The summed E-state index contributed by atoms with van der Waals surface area (Å²) in [5.74, 6) is 0.564. The Hall–Kier alpha value is -2.41. The maximum Gasteiger partial charge on any atom is 0.255 e. The molecule has 0 atom stereocenters. The average molecular weight is 444 g/mol. The van der Waals surface area contributed by atoms with Crippen molar-refractivity contribution in [2.24, 2.45) is 0 Å². The Morgan fingerprint density at radius 1 is 1.12 bits per heavy atom. The quantitative estimate of drug-likeness (QED) is 0.574. The molecule has 0 unspecified atom stereocenters. The first-order chi connectivity index (χ1) is 12.1. The number of ether oxygens (including phenoxy) is 1. The molecule has 0 saturated heterocycles. The van der Waals surface area contributed by atoms with Crippen LogP contribution >= 0.6 is 22.6 Å². The molecule has 2 aromatic carbocycles. The predicted octanol–water partition coefficient (Wildman–Crippen LogP) is 4.83. The van der Waals surface area contributed by atoms with E-state index in [0.29, 0.717) is 17.9 Å².